The zero-order valence-corrected chi connectivity index (χ0v) is 14.7. The van der Waals surface area contributed by atoms with Crippen LogP contribution < -0.4 is 15.4 Å². The summed E-state index contributed by atoms with van der Waals surface area (Å²) >= 11 is 0. The van der Waals surface area contributed by atoms with Gasteiger partial charge in [-0.25, -0.2) is 4.79 Å². The van der Waals surface area contributed by atoms with E-state index < -0.39 is 0 Å². The summed E-state index contributed by atoms with van der Waals surface area (Å²) in [6.07, 6.45) is 0.855. The predicted octanol–water partition coefficient (Wildman–Crippen LogP) is 4.36. The van der Waals surface area contributed by atoms with Gasteiger partial charge in [-0.2, -0.15) is 0 Å². The van der Waals surface area contributed by atoms with Crippen molar-refractivity contribution >= 4 is 17.4 Å². The molecule has 3 rings (SSSR count). The van der Waals surface area contributed by atoms with Gasteiger partial charge >= 0.3 is 6.03 Å². The zero-order chi connectivity index (χ0) is 18.4. The molecule has 0 unspecified atom stereocenters. The lowest BCUT2D eigenvalue weighted by atomic mass is 10.1. The minimum atomic E-state index is -0.275. The molecule has 0 saturated carbocycles. The second-order valence-corrected chi connectivity index (χ2v) is 5.63. The predicted molar refractivity (Wildman–Crippen MR) is 102 cm³/mol. The Balaban J connectivity index is 1.65. The van der Waals surface area contributed by atoms with Gasteiger partial charge in [0.05, 0.1) is 12.8 Å². The highest BCUT2D eigenvalue weighted by Crippen LogP contribution is 2.21. The molecule has 26 heavy (non-hydrogen) atoms. The SMILES string of the molecule is CCc1ccccc1NC(=O)Nc1ccc(-c2ccc(OC)nn2)cc1. The molecule has 0 aliphatic carbocycles. The van der Waals surface area contributed by atoms with Crippen LogP contribution in [0, 0.1) is 0 Å². The second kappa shape index (κ2) is 8.11. The van der Waals surface area contributed by atoms with E-state index in [0.29, 0.717) is 11.6 Å². The Hall–Kier alpha value is -3.41. The molecule has 6 heteroatoms. The third kappa shape index (κ3) is 4.16. The lowest BCUT2D eigenvalue weighted by Gasteiger charge is -2.11. The maximum absolute atomic E-state index is 12.2. The Morgan fingerprint density at radius 1 is 0.962 bits per heavy atom. The van der Waals surface area contributed by atoms with Gasteiger partial charge in [-0.15, -0.1) is 10.2 Å². The van der Waals surface area contributed by atoms with Gasteiger partial charge in [-0.05, 0) is 36.2 Å². The molecule has 2 aromatic carbocycles. The van der Waals surface area contributed by atoms with Crippen LogP contribution >= 0.6 is 0 Å². The average molecular weight is 348 g/mol. The van der Waals surface area contributed by atoms with Crippen LogP contribution in [0.1, 0.15) is 12.5 Å². The van der Waals surface area contributed by atoms with Crippen molar-refractivity contribution in [1.82, 2.24) is 10.2 Å². The minimum absolute atomic E-state index is 0.275. The summed E-state index contributed by atoms with van der Waals surface area (Å²) in [5, 5.41) is 13.8. The van der Waals surface area contributed by atoms with Gasteiger partial charge in [0.1, 0.15) is 0 Å². The third-order valence-electron chi connectivity index (χ3n) is 3.93. The summed E-state index contributed by atoms with van der Waals surface area (Å²) in [6, 6.07) is 18.5. The molecule has 6 nitrogen and oxygen atoms in total. The number of urea groups is 1. The number of aromatic nitrogens is 2. The van der Waals surface area contributed by atoms with Crippen molar-refractivity contribution in [3.63, 3.8) is 0 Å². The largest absolute Gasteiger partial charge is 0.480 e. The Labute approximate surface area is 152 Å². The zero-order valence-electron chi connectivity index (χ0n) is 14.7. The number of carbonyl (C=O) groups excluding carboxylic acids is 1. The van der Waals surface area contributed by atoms with Crippen LogP contribution in [0.3, 0.4) is 0 Å². The highest BCUT2D eigenvalue weighted by Gasteiger charge is 2.07. The number of hydrogen-bond donors (Lipinski definition) is 2. The van der Waals surface area contributed by atoms with E-state index in [-0.39, 0.29) is 6.03 Å². The molecule has 0 bridgehead atoms. The van der Waals surface area contributed by atoms with E-state index in [0.717, 1.165) is 28.9 Å². The first-order chi connectivity index (χ1) is 12.7. The van der Waals surface area contributed by atoms with Crippen LogP contribution in [-0.2, 0) is 6.42 Å². The van der Waals surface area contributed by atoms with E-state index in [2.05, 4.69) is 27.8 Å². The van der Waals surface area contributed by atoms with Crippen molar-refractivity contribution < 1.29 is 9.53 Å². The third-order valence-corrected chi connectivity index (χ3v) is 3.93. The Morgan fingerprint density at radius 2 is 1.73 bits per heavy atom. The van der Waals surface area contributed by atoms with Crippen molar-refractivity contribution in [3.05, 3.63) is 66.2 Å². The summed E-state index contributed by atoms with van der Waals surface area (Å²) < 4.78 is 5.01. The van der Waals surface area contributed by atoms with Crippen molar-refractivity contribution in [2.45, 2.75) is 13.3 Å². The molecule has 1 heterocycles. The fourth-order valence-electron chi connectivity index (χ4n) is 2.54. The molecule has 0 aliphatic rings. The number of ether oxygens (including phenoxy) is 1. The molecule has 0 aliphatic heterocycles. The Kier molecular flexibility index (Phi) is 5.43. The first-order valence-electron chi connectivity index (χ1n) is 8.33. The normalized spacial score (nSPS) is 10.2. The Bertz CT molecular complexity index is 877. The van der Waals surface area contributed by atoms with E-state index >= 15 is 0 Å². The van der Waals surface area contributed by atoms with Gasteiger partial charge in [-0.1, -0.05) is 37.3 Å². The minimum Gasteiger partial charge on any atom is -0.480 e. The number of benzene rings is 2. The van der Waals surface area contributed by atoms with Gasteiger partial charge in [0.25, 0.3) is 0 Å². The highest BCUT2D eigenvalue weighted by molar-refractivity contribution is 6.00. The van der Waals surface area contributed by atoms with Gasteiger partial charge in [0, 0.05) is 23.0 Å². The van der Waals surface area contributed by atoms with Crippen LogP contribution in [0.5, 0.6) is 5.88 Å². The van der Waals surface area contributed by atoms with E-state index in [1.165, 1.54) is 0 Å². The van der Waals surface area contributed by atoms with E-state index in [1.54, 1.807) is 13.2 Å². The van der Waals surface area contributed by atoms with Crippen LogP contribution in [-0.4, -0.2) is 23.3 Å². The molecule has 2 N–H and O–H groups in total. The van der Waals surface area contributed by atoms with Crippen molar-refractivity contribution in [2.24, 2.45) is 0 Å². The van der Waals surface area contributed by atoms with Crippen molar-refractivity contribution in [1.29, 1.82) is 0 Å². The van der Waals surface area contributed by atoms with Gasteiger partial charge in [0.2, 0.25) is 5.88 Å². The molecule has 0 radical (unpaired) electrons. The van der Waals surface area contributed by atoms with Crippen molar-refractivity contribution in [3.8, 4) is 17.1 Å². The number of nitrogens with one attached hydrogen (secondary N) is 2. The number of methoxy groups -OCH3 is 1. The molecule has 0 saturated heterocycles. The monoisotopic (exact) mass is 348 g/mol. The number of anilines is 2. The van der Waals surface area contributed by atoms with Crippen LogP contribution in [0.4, 0.5) is 16.2 Å². The molecule has 2 amide bonds. The number of carbonyl (C=O) groups is 1. The van der Waals surface area contributed by atoms with E-state index in [4.69, 9.17) is 4.74 Å². The summed E-state index contributed by atoms with van der Waals surface area (Å²) in [5.74, 6) is 0.469. The molecule has 0 spiro atoms. The average Bonchev–Trinajstić information content (AvgIpc) is 2.69. The van der Waals surface area contributed by atoms with Crippen molar-refractivity contribution in [2.75, 3.05) is 17.7 Å². The van der Waals surface area contributed by atoms with Crippen LogP contribution in [0.25, 0.3) is 11.3 Å². The second-order valence-electron chi connectivity index (χ2n) is 5.63. The number of amides is 2. The van der Waals surface area contributed by atoms with Crippen LogP contribution in [0.2, 0.25) is 0 Å². The molecule has 3 aromatic rings. The first kappa shape index (κ1) is 17.4. The number of rotatable bonds is 5. The van der Waals surface area contributed by atoms with E-state index in [9.17, 15) is 4.79 Å². The highest BCUT2D eigenvalue weighted by atomic mass is 16.5. The summed E-state index contributed by atoms with van der Waals surface area (Å²) in [4.78, 5) is 12.2. The fraction of sp³-hybridized carbons (Fsp3) is 0.150. The molecule has 0 atom stereocenters. The molecule has 0 fully saturated rings. The quantitative estimate of drug-likeness (QED) is 0.718. The summed E-state index contributed by atoms with van der Waals surface area (Å²) in [5.41, 5.74) is 4.25. The molecule has 132 valence electrons. The van der Waals surface area contributed by atoms with Gasteiger partial charge in [0.15, 0.2) is 0 Å². The molecule has 1 aromatic heterocycles. The lowest BCUT2D eigenvalue weighted by Crippen LogP contribution is -2.20. The van der Waals surface area contributed by atoms with E-state index in [1.807, 2.05) is 54.6 Å². The maximum Gasteiger partial charge on any atom is 0.323 e. The van der Waals surface area contributed by atoms with Gasteiger partial charge < -0.3 is 15.4 Å². The number of nitrogens with zero attached hydrogens (tertiary/aromatic N) is 2. The van der Waals surface area contributed by atoms with Gasteiger partial charge in [-0.3, -0.25) is 0 Å². The molecular formula is C20H20N4O2. The standard InChI is InChI=1S/C20H20N4O2/c1-3-14-6-4-5-7-17(14)22-20(25)21-16-10-8-15(9-11-16)18-12-13-19(26-2)24-23-18/h4-13H,3H2,1-2H3,(H2,21,22,25). The van der Waals surface area contributed by atoms with Crippen LogP contribution in [0.15, 0.2) is 60.7 Å². The number of para-hydroxylation sites is 1. The smallest absolute Gasteiger partial charge is 0.323 e. The maximum atomic E-state index is 12.2. The number of hydrogen-bond acceptors (Lipinski definition) is 4. The lowest BCUT2D eigenvalue weighted by molar-refractivity contribution is 0.262. The topological polar surface area (TPSA) is 76.1 Å². The summed E-state index contributed by atoms with van der Waals surface area (Å²) in [7, 11) is 1.55. The fourth-order valence-corrected chi connectivity index (χ4v) is 2.54. The summed E-state index contributed by atoms with van der Waals surface area (Å²) in [6.45, 7) is 2.05. The Morgan fingerprint density at radius 3 is 2.38 bits per heavy atom. The number of aryl methyl sites for hydroxylation is 1. The first-order valence-corrected chi connectivity index (χ1v) is 8.33. The molecular weight excluding hydrogens is 328 g/mol.